The summed E-state index contributed by atoms with van der Waals surface area (Å²) in [6.45, 7) is 4.12. The molecule has 1 amide bonds. The van der Waals surface area contributed by atoms with E-state index in [0.717, 1.165) is 27.7 Å². The molecule has 0 bridgehead atoms. The lowest BCUT2D eigenvalue weighted by atomic mass is 10.0. The number of hydrogen-bond acceptors (Lipinski definition) is 5. The fraction of sp³-hybridized carbons (Fsp3) is 0.182. The van der Waals surface area contributed by atoms with E-state index in [9.17, 15) is 4.79 Å². The number of carbonyl (C=O) groups is 1. The molecule has 0 saturated heterocycles. The second kappa shape index (κ2) is 7.23. The van der Waals surface area contributed by atoms with Crippen LogP contribution in [0.4, 0.5) is 0 Å². The third-order valence-electron chi connectivity index (χ3n) is 4.53. The summed E-state index contributed by atoms with van der Waals surface area (Å²) in [5, 5.41) is 9.01. The van der Waals surface area contributed by atoms with Crippen molar-refractivity contribution in [2.24, 2.45) is 0 Å². The molecule has 6 heteroatoms. The predicted molar refractivity (Wildman–Crippen MR) is 107 cm³/mol. The zero-order chi connectivity index (χ0) is 19.7. The Balaban J connectivity index is 1.60. The molecule has 0 aliphatic carbocycles. The van der Waals surface area contributed by atoms with Gasteiger partial charge in [-0.15, -0.1) is 10.2 Å². The monoisotopic (exact) mass is 372 g/mol. The van der Waals surface area contributed by atoms with Crippen LogP contribution < -0.4 is 0 Å². The molecule has 4 rings (SSSR count). The lowest BCUT2D eigenvalue weighted by Crippen LogP contribution is -2.26. The van der Waals surface area contributed by atoms with Gasteiger partial charge in [0, 0.05) is 23.7 Å². The maximum Gasteiger partial charge on any atom is 0.254 e. The first-order valence-corrected chi connectivity index (χ1v) is 9.02. The maximum atomic E-state index is 13.1. The maximum absolute atomic E-state index is 13.1. The van der Waals surface area contributed by atoms with E-state index < -0.39 is 0 Å². The highest BCUT2D eigenvalue weighted by molar-refractivity contribution is 6.06. The highest BCUT2D eigenvalue weighted by Gasteiger charge is 2.19. The number of amides is 1. The zero-order valence-corrected chi connectivity index (χ0v) is 16.0. The van der Waals surface area contributed by atoms with Gasteiger partial charge in [0.1, 0.15) is 0 Å². The topological polar surface area (TPSA) is 72.1 Å². The van der Waals surface area contributed by atoms with Crippen LogP contribution in [0.1, 0.15) is 27.5 Å². The summed E-state index contributed by atoms with van der Waals surface area (Å²) in [5.41, 5.74) is 4.17. The molecular formula is C22H20N4O2. The summed E-state index contributed by atoms with van der Waals surface area (Å²) in [5.74, 6) is 0.721. The van der Waals surface area contributed by atoms with Crippen molar-refractivity contribution in [2.45, 2.75) is 20.4 Å². The van der Waals surface area contributed by atoms with E-state index in [0.29, 0.717) is 17.3 Å². The third-order valence-corrected chi connectivity index (χ3v) is 4.53. The van der Waals surface area contributed by atoms with E-state index in [-0.39, 0.29) is 12.5 Å². The Labute approximate surface area is 162 Å². The predicted octanol–water partition coefficient (Wildman–Crippen LogP) is 4.17. The Morgan fingerprint density at radius 2 is 1.82 bits per heavy atom. The largest absolute Gasteiger partial charge is 0.419 e. The third kappa shape index (κ3) is 3.49. The summed E-state index contributed by atoms with van der Waals surface area (Å²) < 4.78 is 5.73. The van der Waals surface area contributed by atoms with Crippen molar-refractivity contribution in [1.29, 1.82) is 0 Å². The number of hydrogen-bond donors (Lipinski definition) is 0. The van der Waals surface area contributed by atoms with Crippen LogP contribution in [-0.2, 0) is 6.54 Å². The van der Waals surface area contributed by atoms with Crippen LogP contribution in [0.5, 0.6) is 0 Å². The number of pyridine rings is 1. The van der Waals surface area contributed by atoms with Gasteiger partial charge in [0.15, 0.2) is 0 Å². The molecule has 0 aliphatic rings. The number of nitrogens with zero attached hydrogens (tertiary/aromatic N) is 4. The van der Waals surface area contributed by atoms with Crippen molar-refractivity contribution in [3.05, 3.63) is 77.3 Å². The van der Waals surface area contributed by atoms with Crippen LogP contribution in [-0.4, -0.2) is 33.0 Å². The van der Waals surface area contributed by atoms with Gasteiger partial charge in [0.25, 0.3) is 5.91 Å². The van der Waals surface area contributed by atoms with Gasteiger partial charge in [-0.1, -0.05) is 29.8 Å². The molecule has 0 radical (unpaired) electrons. The Bertz CT molecular complexity index is 1150. The van der Waals surface area contributed by atoms with Gasteiger partial charge in [-0.05, 0) is 44.2 Å². The fourth-order valence-corrected chi connectivity index (χ4v) is 3.14. The number of fused-ring (bicyclic) bond motifs is 1. The molecule has 0 aliphatic heterocycles. The van der Waals surface area contributed by atoms with Crippen LogP contribution in [0.2, 0.25) is 0 Å². The lowest BCUT2D eigenvalue weighted by molar-refractivity contribution is 0.0775. The van der Waals surface area contributed by atoms with Crippen LogP contribution in [0, 0.1) is 13.8 Å². The van der Waals surface area contributed by atoms with Gasteiger partial charge in [0.05, 0.1) is 17.6 Å². The van der Waals surface area contributed by atoms with E-state index in [2.05, 4.69) is 15.2 Å². The quantitative estimate of drug-likeness (QED) is 0.537. The van der Waals surface area contributed by atoms with Gasteiger partial charge in [-0.3, -0.25) is 9.78 Å². The van der Waals surface area contributed by atoms with Gasteiger partial charge in [-0.2, -0.15) is 0 Å². The normalized spacial score (nSPS) is 11.0. The molecule has 4 aromatic rings. The number of aryl methyl sites for hydroxylation is 2. The molecule has 2 heterocycles. The van der Waals surface area contributed by atoms with Crippen molar-refractivity contribution in [3.63, 3.8) is 0 Å². The van der Waals surface area contributed by atoms with Crippen molar-refractivity contribution in [1.82, 2.24) is 20.1 Å². The number of aromatic nitrogens is 3. The van der Waals surface area contributed by atoms with Gasteiger partial charge in [0.2, 0.25) is 11.8 Å². The first kappa shape index (κ1) is 17.9. The molecule has 0 fully saturated rings. The molecule has 140 valence electrons. The SMILES string of the molecule is Cc1ccc2nc(C)cc(C(=O)N(C)Cc3nnc(-c4ccccc4)o3)c2c1. The minimum Gasteiger partial charge on any atom is -0.419 e. The van der Waals surface area contributed by atoms with E-state index in [1.807, 2.05) is 68.4 Å². The second-order valence-electron chi connectivity index (χ2n) is 6.86. The van der Waals surface area contributed by atoms with E-state index in [1.54, 1.807) is 11.9 Å². The molecule has 0 saturated carbocycles. The summed E-state index contributed by atoms with van der Waals surface area (Å²) in [4.78, 5) is 19.2. The fourth-order valence-electron chi connectivity index (χ4n) is 3.14. The molecule has 0 unspecified atom stereocenters. The zero-order valence-electron chi connectivity index (χ0n) is 16.0. The van der Waals surface area contributed by atoms with E-state index >= 15 is 0 Å². The molecule has 2 aromatic carbocycles. The second-order valence-corrected chi connectivity index (χ2v) is 6.86. The summed E-state index contributed by atoms with van der Waals surface area (Å²) >= 11 is 0. The Kier molecular flexibility index (Phi) is 4.61. The van der Waals surface area contributed by atoms with Crippen molar-refractivity contribution >= 4 is 16.8 Å². The van der Waals surface area contributed by atoms with Crippen LogP contribution in [0.15, 0.2) is 59.0 Å². The molecule has 0 atom stereocenters. The number of carbonyl (C=O) groups excluding carboxylic acids is 1. The van der Waals surface area contributed by atoms with Crippen LogP contribution in [0.25, 0.3) is 22.4 Å². The van der Waals surface area contributed by atoms with E-state index in [1.165, 1.54) is 0 Å². The first-order chi connectivity index (χ1) is 13.5. The highest BCUT2D eigenvalue weighted by Crippen LogP contribution is 2.22. The Hall–Kier alpha value is -3.54. The van der Waals surface area contributed by atoms with Gasteiger partial charge >= 0.3 is 0 Å². The van der Waals surface area contributed by atoms with Crippen molar-refractivity contribution in [3.8, 4) is 11.5 Å². The van der Waals surface area contributed by atoms with Gasteiger partial charge < -0.3 is 9.32 Å². The van der Waals surface area contributed by atoms with Crippen LogP contribution >= 0.6 is 0 Å². The molecule has 2 aromatic heterocycles. The minimum atomic E-state index is -0.111. The molecular weight excluding hydrogens is 352 g/mol. The molecule has 0 N–H and O–H groups in total. The summed E-state index contributed by atoms with van der Waals surface area (Å²) in [6.07, 6.45) is 0. The first-order valence-electron chi connectivity index (χ1n) is 9.02. The summed E-state index contributed by atoms with van der Waals surface area (Å²) in [6, 6.07) is 17.3. The smallest absolute Gasteiger partial charge is 0.254 e. The number of rotatable bonds is 4. The minimum absolute atomic E-state index is 0.111. The lowest BCUT2D eigenvalue weighted by Gasteiger charge is -2.17. The standard InChI is InChI=1S/C22H20N4O2/c1-14-9-10-19-17(11-14)18(12-15(2)23-19)22(27)26(3)13-20-24-25-21(28-20)16-7-5-4-6-8-16/h4-12H,13H2,1-3H3. The molecule has 6 nitrogen and oxygen atoms in total. The molecule has 0 spiro atoms. The Morgan fingerprint density at radius 1 is 1.04 bits per heavy atom. The van der Waals surface area contributed by atoms with Crippen molar-refractivity contribution in [2.75, 3.05) is 7.05 Å². The molecule has 28 heavy (non-hydrogen) atoms. The highest BCUT2D eigenvalue weighted by atomic mass is 16.4. The van der Waals surface area contributed by atoms with Crippen LogP contribution in [0.3, 0.4) is 0 Å². The summed E-state index contributed by atoms with van der Waals surface area (Å²) in [7, 11) is 1.73. The average Bonchev–Trinajstić information content (AvgIpc) is 3.16. The average molecular weight is 372 g/mol. The Morgan fingerprint density at radius 3 is 2.61 bits per heavy atom. The number of benzene rings is 2. The van der Waals surface area contributed by atoms with E-state index in [4.69, 9.17) is 4.42 Å². The van der Waals surface area contributed by atoms with Gasteiger partial charge in [-0.25, -0.2) is 0 Å². The van der Waals surface area contributed by atoms with Crippen molar-refractivity contribution < 1.29 is 9.21 Å².